The third-order valence-electron chi connectivity index (χ3n) is 5.75. The predicted molar refractivity (Wildman–Crippen MR) is 126 cm³/mol. The highest BCUT2D eigenvalue weighted by Crippen LogP contribution is 2.30. The molecule has 3 aromatic rings. The quantitative estimate of drug-likeness (QED) is 0.336. The molecule has 0 radical (unpaired) electrons. The summed E-state index contributed by atoms with van der Waals surface area (Å²) in [4.78, 5) is 33.0. The van der Waals surface area contributed by atoms with E-state index in [1.165, 1.54) is 31.5 Å². The SMILES string of the molecule is COc1ccc(O)c(Cc2ccc(C(=O)N[C@@H]3CNCC3NC(=O)c3ccnc(N)n3)cc2)c1F. The molecule has 4 rings (SSSR count). The molecule has 35 heavy (non-hydrogen) atoms. The van der Waals surface area contributed by atoms with E-state index in [9.17, 15) is 19.1 Å². The highest BCUT2D eigenvalue weighted by Gasteiger charge is 2.30. The molecule has 1 unspecified atom stereocenters. The summed E-state index contributed by atoms with van der Waals surface area (Å²) in [6.45, 7) is 0.959. The number of amides is 2. The van der Waals surface area contributed by atoms with Crippen LogP contribution < -0.4 is 26.4 Å². The van der Waals surface area contributed by atoms with Gasteiger partial charge in [-0.1, -0.05) is 12.1 Å². The van der Waals surface area contributed by atoms with Crippen LogP contribution in [0.2, 0.25) is 0 Å². The molecule has 0 aliphatic carbocycles. The van der Waals surface area contributed by atoms with Crippen LogP contribution in [-0.2, 0) is 6.42 Å². The summed E-state index contributed by atoms with van der Waals surface area (Å²) >= 11 is 0. The molecule has 1 saturated heterocycles. The van der Waals surface area contributed by atoms with E-state index in [2.05, 4.69) is 25.9 Å². The van der Waals surface area contributed by atoms with Crippen LogP contribution in [0.3, 0.4) is 0 Å². The van der Waals surface area contributed by atoms with E-state index < -0.39 is 11.7 Å². The number of anilines is 1. The number of nitrogens with zero attached hydrogens (tertiary/aromatic N) is 2. The van der Waals surface area contributed by atoms with Crippen molar-refractivity contribution in [1.29, 1.82) is 0 Å². The van der Waals surface area contributed by atoms with E-state index in [-0.39, 0.29) is 53.1 Å². The highest BCUT2D eigenvalue weighted by molar-refractivity contribution is 5.95. The number of phenols is 1. The molecule has 11 heteroatoms. The summed E-state index contributed by atoms with van der Waals surface area (Å²) in [5.41, 5.74) is 6.91. The van der Waals surface area contributed by atoms with E-state index in [4.69, 9.17) is 10.5 Å². The first-order valence-electron chi connectivity index (χ1n) is 10.9. The topological polar surface area (TPSA) is 151 Å². The molecule has 1 aromatic heterocycles. The van der Waals surface area contributed by atoms with Crippen LogP contribution in [0.5, 0.6) is 11.5 Å². The molecular weight excluding hydrogens is 455 g/mol. The lowest BCUT2D eigenvalue weighted by Gasteiger charge is -2.21. The average Bonchev–Trinajstić information content (AvgIpc) is 3.28. The number of rotatable bonds is 7. The lowest BCUT2D eigenvalue weighted by molar-refractivity contribution is 0.0894. The van der Waals surface area contributed by atoms with Crippen molar-refractivity contribution in [3.05, 3.63) is 76.9 Å². The molecule has 1 aliphatic heterocycles. The summed E-state index contributed by atoms with van der Waals surface area (Å²) in [6, 6.07) is 10.1. The number of nitrogens with one attached hydrogen (secondary N) is 3. The van der Waals surface area contributed by atoms with Crippen LogP contribution in [-0.4, -0.2) is 59.2 Å². The van der Waals surface area contributed by atoms with E-state index in [1.54, 1.807) is 24.3 Å². The zero-order chi connectivity index (χ0) is 24.9. The van der Waals surface area contributed by atoms with Gasteiger partial charge in [-0.05, 0) is 35.9 Å². The third kappa shape index (κ3) is 5.46. The van der Waals surface area contributed by atoms with Crippen molar-refractivity contribution in [2.75, 3.05) is 25.9 Å². The van der Waals surface area contributed by atoms with Crippen LogP contribution in [0.25, 0.3) is 0 Å². The third-order valence-corrected chi connectivity index (χ3v) is 5.75. The number of benzene rings is 2. The monoisotopic (exact) mass is 480 g/mol. The maximum atomic E-state index is 14.5. The zero-order valence-corrected chi connectivity index (χ0v) is 18.9. The van der Waals surface area contributed by atoms with Gasteiger partial charge in [0, 0.05) is 36.8 Å². The normalized spacial score (nSPS) is 17.1. The molecule has 2 atom stereocenters. The van der Waals surface area contributed by atoms with Gasteiger partial charge in [0.05, 0.1) is 19.2 Å². The van der Waals surface area contributed by atoms with Crippen molar-refractivity contribution in [1.82, 2.24) is 25.9 Å². The number of nitrogens with two attached hydrogens (primary N) is 1. The van der Waals surface area contributed by atoms with Crippen molar-refractivity contribution in [3.63, 3.8) is 0 Å². The largest absolute Gasteiger partial charge is 0.508 e. The molecule has 1 aliphatic rings. The Kier molecular flexibility index (Phi) is 7.06. The Bertz CT molecular complexity index is 1240. The Labute approximate surface area is 200 Å². The number of hydrogen-bond donors (Lipinski definition) is 5. The van der Waals surface area contributed by atoms with Crippen LogP contribution >= 0.6 is 0 Å². The molecule has 0 bridgehead atoms. The van der Waals surface area contributed by atoms with Crippen molar-refractivity contribution in [2.24, 2.45) is 0 Å². The second kappa shape index (κ2) is 10.3. The fourth-order valence-electron chi connectivity index (χ4n) is 3.87. The van der Waals surface area contributed by atoms with Gasteiger partial charge in [-0.25, -0.2) is 14.4 Å². The van der Waals surface area contributed by atoms with Gasteiger partial charge in [-0.3, -0.25) is 9.59 Å². The molecule has 0 saturated carbocycles. The number of halogens is 1. The maximum absolute atomic E-state index is 14.5. The van der Waals surface area contributed by atoms with Crippen LogP contribution in [0.4, 0.5) is 10.3 Å². The van der Waals surface area contributed by atoms with Gasteiger partial charge in [0.15, 0.2) is 11.6 Å². The van der Waals surface area contributed by atoms with Gasteiger partial charge in [0.2, 0.25) is 5.95 Å². The van der Waals surface area contributed by atoms with E-state index in [1.807, 2.05) is 0 Å². The Morgan fingerprint density at radius 1 is 1.11 bits per heavy atom. The van der Waals surface area contributed by atoms with E-state index in [0.717, 1.165) is 0 Å². The van der Waals surface area contributed by atoms with Gasteiger partial charge in [0.25, 0.3) is 11.8 Å². The summed E-state index contributed by atoms with van der Waals surface area (Å²) in [5, 5.41) is 19.0. The van der Waals surface area contributed by atoms with Crippen molar-refractivity contribution < 1.29 is 23.8 Å². The summed E-state index contributed by atoms with van der Waals surface area (Å²) in [7, 11) is 1.36. The standard InChI is InChI=1S/C24H25FN6O4/c1-35-20-7-6-19(32)15(21(20)25)10-13-2-4-14(5-3-13)22(33)29-17-11-27-12-18(17)30-23(34)16-8-9-28-24(26)31-16/h2-9,17-18,27,32H,10-12H2,1H3,(H,29,33)(H,30,34)(H2,26,28,31)/t17-,18?/m1/s1. The van der Waals surface area contributed by atoms with Crippen molar-refractivity contribution in [3.8, 4) is 11.5 Å². The van der Waals surface area contributed by atoms with Crippen molar-refractivity contribution >= 4 is 17.8 Å². The zero-order valence-electron chi connectivity index (χ0n) is 18.9. The molecule has 2 heterocycles. The number of hydrogen-bond acceptors (Lipinski definition) is 8. The number of phenolic OH excluding ortho intramolecular Hbond substituents is 1. The molecular formula is C24H25FN6O4. The van der Waals surface area contributed by atoms with Gasteiger partial charge >= 0.3 is 0 Å². The van der Waals surface area contributed by atoms with Crippen LogP contribution in [0.15, 0.2) is 48.7 Å². The molecule has 1 fully saturated rings. The fraction of sp³-hybridized carbons (Fsp3) is 0.250. The molecule has 0 spiro atoms. The van der Waals surface area contributed by atoms with Gasteiger partial charge in [-0.2, -0.15) is 0 Å². The number of carbonyl (C=O) groups is 2. The van der Waals surface area contributed by atoms with Crippen molar-refractivity contribution in [2.45, 2.75) is 18.5 Å². The van der Waals surface area contributed by atoms with Crippen LogP contribution in [0, 0.1) is 5.82 Å². The first kappa shape index (κ1) is 23.9. The second-order valence-corrected chi connectivity index (χ2v) is 8.07. The van der Waals surface area contributed by atoms with E-state index in [0.29, 0.717) is 24.2 Å². The molecule has 2 aromatic carbocycles. The van der Waals surface area contributed by atoms with Gasteiger partial charge < -0.3 is 31.5 Å². The lowest BCUT2D eigenvalue weighted by Crippen LogP contribution is -2.51. The number of methoxy groups -OCH3 is 1. The Balaban J connectivity index is 1.39. The average molecular weight is 481 g/mol. The number of carbonyl (C=O) groups excluding carboxylic acids is 2. The Morgan fingerprint density at radius 2 is 1.80 bits per heavy atom. The fourth-order valence-corrected chi connectivity index (χ4v) is 3.87. The minimum Gasteiger partial charge on any atom is -0.508 e. The lowest BCUT2D eigenvalue weighted by atomic mass is 10.0. The van der Waals surface area contributed by atoms with Gasteiger partial charge in [0.1, 0.15) is 11.4 Å². The number of ether oxygens (including phenoxy) is 1. The number of nitrogen functional groups attached to an aromatic ring is 1. The molecule has 6 N–H and O–H groups in total. The number of aromatic nitrogens is 2. The van der Waals surface area contributed by atoms with E-state index >= 15 is 0 Å². The van der Waals surface area contributed by atoms with Crippen LogP contribution in [0.1, 0.15) is 32.0 Å². The Morgan fingerprint density at radius 3 is 2.46 bits per heavy atom. The molecule has 10 nitrogen and oxygen atoms in total. The second-order valence-electron chi connectivity index (χ2n) is 8.07. The summed E-state index contributed by atoms with van der Waals surface area (Å²) in [6.07, 6.45) is 1.53. The molecule has 182 valence electrons. The molecule has 2 amide bonds. The minimum atomic E-state index is -0.624. The van der Waals surface area contributed by atoms with Gasteiger partial charge in [-0.15, -0.1) is 0 Å². The first-order valence-corrected chi connectivity index (χ1v) is 10.9. The highest BCUT2D eigenvalue weighted by atomic mass is 19.1. The maximum Gasteiger partial charge on any atom is 0.270 e. The Hall–Kier alpha value is -4.25. The summed E-state index contributed by atoms with van der Waals surface area (Å²) < 4.78 is 19.5. The number of aromatic hydroxyl groups is 1. The smallest absolute Gasteiger partial charge is 0.270 e. The first-order chi connectivity index (χ1) is 16.9. The minimum absolute atomic E-state index is 0.000140. The summed E-state index contributed by atoms with van der Waals surface area (Å²) in [5.74, 6) is -1.48. The predicted octanol–water partition coefficient (Wildman–Crippen LogP) is 1.00.